The molecule has 1 N–H and O–H groups in total. The molecule has 43 heavy (non-hydrogen) atoms. The summed E-state index contributed by atoms with van der Waals surface area (Å²) in [4.78, 5) is 30.7. The number of hydrogen-bond acceptors (Lipinski definition) is 8. The molecule has 0 aliphatic carbocycles. The zero-order chi connectivity index (χ0) is 30.7. The zero-order valence-electron chi connectivity index (χ0n) is 25.9. The fraction of sp³-hybridized carbons (Fsp3) is 0.576. The van der Waals surface area contributed by atoms with Crippen LogP contribution in [0.2, 0.25) is 0 Å². The van der Waals surface area contributed by atoms with Crippen molar-refractivity contribution in [1.82, 2.24) is 14.7 Å². The second-order valence-electron chi connectivity index (χ2n) is 11.7. The van der Waals surface area contributed by atoms with Crippen LogP contribution in [0.1, 0.15) is 43.2 Å². The molecule has 0 bridgehead atoms. The van der Waals surface area contributed by atoms with Gasteiger partial charge < -0.3 is 33.9 Å². The molecule has 2 amide bonds. The molecule has 236 valence electrons. The molecule has 0 spiro atoms. The molecular weight excluding hydrogens is 550 g/mol. The summed E-state index contributed by atoms with van der Waals surface area (Å²) in [6.45, 7) is 6.11. The van der Waals surface area contributed by atoms with E-state index in [0.29, 0.717) is 63.0 Å². The van der Waals surface area contributed by atoms with Gasteiger partial charge in [-0.1, -0.05) is 30.2 Å². The van der Waals surface area contributed by atoms with E-state index in [1.165, 1.54) is 7.11 Å². The molecule has 10 nitrogen and oxygen atoms in total. The molecule has 2 aliphatic rings. The summed E-state index contributed by atoms with van der Waals surface area (Å²) in [6, 6.07) is 13.5. The van der Waals surface area contributed by atoms with Crippen LogP contribution in [0.15, 0.2) is 42.5 Å². The van der Waals surface area contributed by atoms with Crippen LogP contribution in [-0.4, -0.2) is 111 Å². The SMILES string of the molecule is COCC(=O)N1CCN(Cc2ccc(OCCCN3CCCCCC3=O)c(OC)c2)CC(O)(COc2ccc(C)cc2)C1. The molecule has 2 aliphatic heterocycles. The topological polar surface area (TPSA) is 101 Å². The Bertz CT molecular complexity index is 1190. The molecule has 2 aromatic rings. The highest BCUT2D eigenvalue weighted by Gasteiger charge is 2.37. The van der Waals surface area contributed by atoms with Gasteiger partial charge in [-0.05, 0) is 56.0 Å². The van der Waals surface area contributed by atoms with Crippen LogP contribution in [0.3, 0.4) is 0 Å². The van der Waals surface area contributed by atoms with Crippen molar-refractivity contribution in [3.63, 3.8) is 0 Å². The smallest absolute Gasteiger partial charge is 0.248 e. The number of carbonyl (C=O) groups is 2. The van der Waals surface area contributed by atoms with Gasteiger partial charge in [0, 0.05) is 52.8 Å². The number of benzene rings is 2. The summed E-state index contributed by atoms with van der Waals surface area (Å²) in [5, 5.41) is 11.7. The van der Waals surface area contributed by atoms with E-state index in [4.69, 9.17) is 18.9 Å². The van der Waals surface area contributed by atoms with Gasteiger partial charge in [0.15, 0.2) is 11.5 Å². The third-order valence-corrected chi connectivity index (χ3v) is 7.97. The van der Waals surface area contributed by atoms with Gasteiger partial charge >= 0.3 is 0 Å². The predicted octanol–water partition coefficient (Wildman–Crippen LogP) is 3.28. The van der Waals surface area contributed by atoms with E-state index >= 15 is 0 Å². The number of likely N-dealkylation sites (tertiary alicyclic amines) is 1. The van der Waals surface area contributed by atoms with Gasteiger partial charge in [0.1, 0.15) is 24.6 Å². The first-order valence-corrected chi connectivity index (χ1v) is 15.3. The standard InChI is InChI=1S/C33H47N3O7/c1-26-9-12-28(13-10-26)43-25-33(39)23-34(17-18-36(24-33)32(38)22-40-2)21-27-11-14-29(30(20-27)41-3)42-19-7-16-35-15-6-4-5-8-31(35)37/h9-14,20,39H,4-8,15-19,21-25H2,1-3H3. The summed E-state index contributed by atoms with van der Waals surface area (Å²) in [5.41, 5.74) is 0.837. The number of ether oxygens (including phenoxy) is 4. The Kier molecular flexibility index (Phi) is 12.1. The monoisotopic (exact) mass is 597 g/mol. The van der Waals surface area contributed by atoms with Gasteiger partial charge in [-0.3, -0.25) is 14.5 Å². The predicted molar refractivity (Wildman–Crippen MR) is 164 cm³/mol. The third kappa shape index (κ3) is 9.84. The largest absolute Gasteiger partial charge is 0.493 e. The van der Waals surface area contributed by atoms with E-state index in [1.807, 2.05) is 54.3 Å². The van der Waals surface area contributed by atoms with Crippen molar-refractivity contribution in [2.45, 2.75) is 51.2 Å². The zero-order valence-corrected chi connectivity index (χ0v) is 25.9. The van der Waals surface area contributed by atoms with Crippen molar-refractivity contribution in [3.05, 3.63) is 53.6 Å². The number of methoxy groups -OCH3 is 2. The van der Waals surface area contributed by atoms with Gasteiger partial charge in [-0.15, -0.1) is 0 Å². The highest BCUT2D eigenvalue weighted by atomic mass is 16.5. The lowest BCUT2D eigenvalue weighted by molar-refractivity contribution is -0.138. The molecule has 0 radical (unpaired) electrons. The van der Waals surface area contributed by atoms with Crippen LogP contribution in [0.4, 0.5) is 0 Å². The Labute approximate surface area is 255 Å². The highest BCUT2D eigenvalue weighted by molar-refractivity contribution is 5.77. The number of aryl methyl sites for hydroxylation is 1. The number of aliphatic hydroxyl groups is 1. The summed E-state index contributed by atoms with van der Waals surface area (Å²) in [5.74, 6) is 2.04. The van der Waals surface area contributed by atoms with Crippen LogP contribution in [0, 0.1) is 6.92 Å². The van der Waals surface area contributed by atoms with Gasteiger partial charge in [0.05, 0.1) is 20.3 Å². The first-order chi connectivity index (χ1) is 20.8. The van der Waals surface area contributed by atoms with Crippen LogP contribution in [0.5, 0.6) is 17.2 Å². The van der Waals surface area contributed by atoms with E-state index in [2.05, 4.69) is 4.90 Å². The number of nitrogens with zero attached hydrogens (tertiary/aromatic N) is 3. The number of β-amino-alcohol motifs (C(OH)–C–C–N with tert-alkyl or cyclic N) is 1. The van der Waals surface area contributed by atoms with Crippen molar-refractivity contribution in [1.29, 1.82) is 0 Å². The van der Waals surface area contributed by atoms with E-state index in [0.717, 1.165) is 43.4 Å². The Morgan fingerprint density at radius 2 is 1.77 bits per heavy atom. The maximum absolute atomic E-state index is 12.7. The van der Waals surface area contributed by atoms with Gasteiger partial charge in [-0.2, -0.15) is 0 Å². The fourth-order valence-corrected chi connectivity index (χ4v) is 5.65. The summed E-state index contributed by atoms with van der Waals surface area (Å²) in [6.07, 6.45) is 4.57. The molecule has 0 aromatic heterocycles. The fourth-order valence-electron chi connectivity index (χ4n) is 5.65. The molecule has 1 unspecified atom stereocenters. The molecular formula is C33H47N3O7. The van der Waals surface area contributed by atoms with E-state index in [9.17, 15) is 14.7 Å². The molecule has 2 aromatic carbocycles. The molecule has 1 atom stereocenters. The molecule has 10 heteroatoms. The van der Waals surface area contributed by atoms with Crippen molar-refractivity contribution < 1.29 is 33.6 Å². The Morgan fingerprint density at radius 3 is 2.53 bits per heavy atom. The second-order valence-corrected chi connectivity index (χ2v) is 11.7. The summed E-state index contributed by atoms with van der Waals surface area (Å²) in [7, 11) is 3.11. The summed E-state index contributed by atoms with van der Waals surface area (Å²) < 4.78 is 22.8. The number of hydrogen-bond donors (Lipinski definition) is 1. The first-order valence-electron chi connectivity index (χ1n) is 15.3. The lowest BCUT2D eigenvalue weighted by atomic mass is 10.0. The third-order valence-electron chi connectivity index (χ3n) is 7.97. The number of carbonyl (C=O) groups excluding carboxylic acids is 2. The maximum atomic E-state index is 12.7. The van der Waals surface area contributed by atoms with Crippen molar-refractivity contribution >= 4 is 11.8 Å². The number of rotatable bonds is 13. The van der Waals surface area contributed by atoms with Crippen LogP contribution < -0.4 is 14.2 Å². The quantitative estimate of drug-likeness (QED) is 0.351. The summed E-state index contributed by atoms with van der Waals surface area (Å²) >= 11 is 0. The Morgan fingerprint density at radius 1 is 0.953 bits per heavy atom. The van der Waals surface area contributed by atoms with E-state index in [-0.39, 0.29) is 31.6 Å². The van der Waals surface area contributed by atoms with Gasteiger partial charge in [-0.25, -0.2) is 0 Å². The van der Waals surface area contributed by atoms with Crippen LogP contribution in [-0.2, 0) is 20.9 Å². The highest BCUT2D eigenvalue weighted by Crippen LogP contribution is 2.29. The molecule has 2 fully saturated rings. The lowest BCUT2D eigenvalue weighted by Crippen LogP contribution is -2.52. The minimum absolute atomic E-state index is 0.0398. The van der Waals surface area contributed by atoms with Crippen molar-refractivity contribution in [3.8, 4) is 17.2 Å². The molecule has 2 saturated heterocycles. The normalized spacial score (nSPS) is 20.0. The minimum Gasteiger partial charge on any atom is -0.493 e. The van der Waals surface area contributed by atoms with Gasteiger partial charge in [0.2, 0.25) is 11.8 Å². The molecule has 0 saturated carbocycles. The van der Waals surface area contributed by atoms with Gasteiger partial charge in [0.25, 0.3) is 0 Å². The Balaban J connectivity index is 1.38. The number of amides is 2. The average molecular weight is 598 g/mol. The first kappa shape index (κ1) is 32.6. The Hall–Kier alpha value is -3.34. The van der Waals surface area contributed by atoms with E-state index in [1.54, 1.807) is 12.0 Å². The van der Waals surface area contributed by atoms with Crippen molar-refractivity contribution in [2.75, 3.05) is 73.3 Å². The average Bonchev–Trinajstić information content (AvgIpc) is 3.31. The molecule has 4 rings (SSSR count). The minimum atomic E-state index is -1.29. The van der Waals surface area contributed by atoms with E-state index < -0.39 is 5.60 Å². The second kappa shape index (κ2) is 15.9. The van der Waals surface area contributed by atoms with Crippen LogP contribution >= 0.6 is 0 Å². The van der Waals surface area contributed by atoms with Crippen molar-refractivity contribution in [2.24, 2.45) is 0 Å². The van der Waals surface area contributed by atoms with Crippen LogP contribution in [0.25, 0.3) is 0 Å². The molecule has 2 heterocycles. The maximum Gasteiger partial charge on any atom is 0.248 e. The lowest BCUT2D eigenvalue weighted by Gasteiger charge is -2.33.